The van der Waals surface area contributed by atoms with Crippen molar-refractivity contribution in [3.63, 3.8) is 0 Å². The smallest absolute Gasteiger partial charge is 0.310 e. The first-order valence-electron chi connectivity index (χ1n) is 5.16. The fourth-order valence-corrected chi connectivity index (χ4v) is 1.59. The number of fused-ring (bicyclic) bond motifs is 1. The van der Waals surface area contributed by atoms with E-state index in [9.17, 15) is 14.3 Å². The Bertz CT molecular complexity index is 559. The van der Waals surface area contributed by atoms with E-state index < -0.39 is 11.6 Å². The molecule has 0 radical (unpaired) electrons. The van der Waals surface area contributed by atoms with Crippen molar-refractivity contribution in [1.29, 1.82) is 0 Å². The Morgan fingerprint density at radius 3 is 3.00 bits per heavy atom. The first-order valence-corrected chi connectivity index (χ1v) is 5.16. The van der Waals surface area contributed by atoms with E-state index >= 15 is 0 Å². The summed E-state index contributed by atoms with van der Waals surface area (Å²) in [7, 11) is 0. The monoisotopic (exact) mass is 238 g/mol. The Morgan fingerprint density at radius 2 is 2.29 bits per heavy atom. The van der Waals surface area contributed by atoms with Gasteiger partial charge in [0.25, 0.3) is 0 Å². The van der Waals surface area contributed by atoms with E-state index in [2.05, 4.69) is 0 Å². The SMILES string of the molecule is CCOC(=O)Cc1coc2cc(F)c(O)cc12. The van der Waals surface area contributed by atoms with Crippen molar-refractivity contribution in [1.82, 2.24) is 0 Å². The lowest BCUT2D eigenvalue weighted by Crippen LogP contribution is -2.06. The third-order valence-corrected chi connectivity index (χ3v) is 2.36. The number of phenolic OH excluding ortho intramolecular Hbond substituents is 1. The van der Waals surface area contributed by atoms with Crippen molar-refractivity contribution in [3.05, 3.63) is 29.8 Å². The lowest BCUT2D eigenvalue weighted by molar-refractivity contribution is -0.142. The minimum Gasteiger partial charge on any atom is -0.505 e. The Hall–Kier alpha value is -2.04. The maximum Gasteiger partial charge on any atom is 0.310 e. The molecule has 0 spiro atoms. The second kappa shape index (κ2) is 4.45. The van der Waals surface area contributed by atoms with E-state index in [0.29, 0.717) is 23.1 Å². The topological polar surface area (TPSA) is 59.7 Å². The summed E-state index contributed by atoms with van der Waals surface area (Å²) in [5, 5.41) is 9.78. The summed E-state index contributed by atoms with van der Waals surface area (Å²) in [6, 6.07) is 2.32. The van der Waals surface area contributed by atoms with E-state index in [1.54, 1.807) is 6.92 Å². The normalized spacial score (nSPS) is 10.7. The average Bonchev–Trinajstić information content (AvgIpc) is 2.63. The predicted octanol–water partition coefficient (Wildman–Crippen LogP) is 2.38. The highest BCUT2D eigenvalue weighted by Crippen LogP contribution is 2.28. The minimum absolute atomic E-state index is 0.0336. The fraction of sp³-hybridized carbons (Fsp3) is 0.250. The van der Waals surface area contributed by atoms with Gasteiger partial charge in [-0.05, 0) is 13.0 Å². The molecule has 1 aromatic heterocycles. The molecule has 2 aromatic rings. The quantitative estimate of drug-likeness (QED) is 0.834. The Kier molecular flexibility index (Phi) is 2.99. The highest BCUT2D eigenvalue weighted by atomic mass is 19.1. The van der Waals surface area contributed by atoms with Crippen molar-refractivity contribution < 1.29 is 23.4 Å². The molecule has 0 bridgehead atoms. The number of phenols is 1. The number of hydrogen-bond acceptors (Lipinski definition) is 4. The lowest BCUT2D eigenvalue weighted by atomic mass is 10.1. The number of aromatic hydroxyl groups is 1. The molecule has 17 heavy (non-hydrogen) atoms. The summed E-state index contributed by atoms with van der Waals surface area (Å²) in [5.41, 5.74) is 0.855. The molecule has 0 aliphatic carbocycles. The largest absolute Gasteiger partial charge is 0.505 e. The maximum absolute atomic E-state index is 13.0. The van der Waals surface area contributed by atoms with Gasteiger partial charge in [0.1, 0.15) is 5.58 Å². The van der Waals surface area contributed by atoms with Crippen LogP contribution in [0.4, 0.5) is 4.39 Å². The number of carbonyl (C=O) groups is 1. The minimum atomic E-state index is -0.755. The van der Waals surface area contributed by atoms with Crippen LogP contribution in [-0.2, 0) is 16.0 Å². The van der Waals surface area contributed by atoms with Gasteiger partial charge in [0.05, 0.1) is 19.3 Å². The van der Waals surface area contributed by atoms with Crippen molar-refractivity contribution >= 4 is 16.9 Å². The Morgan fingerprint density at radius 1 is 1.53 bits per heavy atom. The lowest BCUT2D eigenvalue weighted by Gasteiger charge is -2.00. The molecule has 0 unspecified atom stereocenters. The number of hydrogen-bond donors (Lipinski definition) is 1. The molecule has 90 valence electrons. The Balaban J connectivity index is 2.36. The summed E-state index contributed by atoms with van der Waals surface area (Å²) >= 11 is 0. The van der Waals surface area contributed by atoms with E-state index in [4.69, 9.17) is 9.15 Å². The van der Waals surface area contributed by atoms with E-state index in [-0.39, 0.29) is 12.4 Å². The van der Waals surface area contributed by atoms with Gasteiger partial charge < -0.3 is 14.3 Å². The van der Waals surface area contributed by atoms with Crippen LogP contribution in [0.2, 0.25) is 0 Å². The van der Waals surface area contributed by atoms with Crippen LogP contribution in [0.1, 0.15) is 12.5 Å². The third kappa shape index (κ3) is 2.22. The zero-order valence-electron chi connectivity index (χ0n) is 9.20. The molecule has 0 fully saturated rings. The van der Waals surface area contributed by atoms with Gasteiger partial charge in [-0.25, -0.2) is 4.39 Å². The van der Waals surface area contributed by atoms with Crippen LogP contribution in [0.15, 0.2) is 22.8 Å². The number of carbonyl (C=O) groups excluding carboxylic acids is 1. The standard InChI is InChI=1S/C12H11FO4/c1-2-16-12(15)3-7-6-17-11-5-9(13)10(14)4-8(7)11/h4-6,14H,2-3H2,1H3. The van der Waals surface area contributed by atoms with Gasteiger partial charge in [-0.3, -0.25) is 4.79 Å². The first kappa shape index (κ1) is 11.4. The number of benzene rings is 1. The number of rotatable bonds is 3. The number of ether oxygens (including phenoxy) is 1. The predicted molar refractivity (Wildman–Crippen MR) is 58.2 cm³/mol. The molecular formula is C12H11FO4. The molecule has 0 saturated heterocycles. The highest BCUT2D eigenvalue weighted by Gasteiger charge is 2.13. The average molecular weight is 238 g/mol. The second-order valence-electron chi connectivity index (χ2n) is 3.54. The molecule has 2 rings (SSSR count). The third-order valence-electron chi connectivity index (χ3n) is 2.36. The maximum atomic E-state index is 13.0. The van der Waals surface area contributed by atoms with Gasteiger partial charge in [0.2, 0.25) is 0 Å². The van der Waals surface area contributed by atoms with Crippen molar-refractivity contribution in [2.45, 2.75) is 13.3 Å². The number of halogens is 1. The summed E-state index contributed by atoms with van der Waals surface area (Å²) in [5.74, 6) is -1.61. The molecule has 1 heterocycles. The van der Waals surface area contributed by atoms with Gasteiger partial charge in [-0.1, -0.05) is 0 Å². The van der Waals surface area contributed by atoms with Crippen LogP contribution in [0, 0.1) is 5.82 Å². The summed E-state index contributed by atoms with van der Waals surface area (Å²) in [6.07, 6.45) is 1.40. The molecule has 0 aliphatic rings. The van der Waals surface area contributed by atoms with Crippen LogP contribution >= 0.6 is 0 Å². The zero-order valence-corrected chi connectivity index (χ0v) is 9.20. The van der Waals surface area contributed by atoms with Crippen LogP contribution in [0.25, 0.3) is 11.0 Å². The molecule has 1 N–H and O–H groups in total. The molecule has 0 amide bonds. The fourth-order valence-electron chi connectivity index (χ4n) is 1.59. The van der Waals surface area contributed by atoms with Crippen LogP contribution in [0.3, 0.4) is 0 Å². The number of esters is 1. The zero-order chi connectivity index (χ0) is 12.4. The van der Waals surface area contributed by atoms with E-state index in [0.717, 1.165) is 6.07 Å². The molecule has 0 atom stereocenters. The van der Waals surface area contributed by atoms with Crippen LogP contribution < -0.4 is 0 Å². The van der Waals surface area contributed by atoms with Gasteiger partial charge in [-0.15, -0.1) is 0 Å². The summed E-state index contributed by atoms with van der Waals surface area (Å²) in [4.78, 5) is 11.3. The van der Waals surface area contributed by atoms with Crippen LogP contribution in [0.5, 0.6) is 5.75 Å². The van der Waals surface area contributed by atoms with E-state index in [1.807, 2.05) is 0 Å². The molecule has 5 heteroatoms. The van der Waals surface area contributed by atoms with Gasteiger partial charge in [0, 0.05) is 17.0 Å². The number of furan rings is 1. The first-order chi connectivity index (χ1) is 8.11. The highest BCUT2D eigenvalue weighted by molar-refractivity contribution is 5.86. The van der Waals surface area contributed by atoms with Gasteiger partial charge in [0.15, 0.2) is 11.6 Å². The van der Waals surface area contributed by atoms with Crippen molar-refractivity contribution in [3.8, 4) is 5.75 Å². The van der Waals surface area contributed by atoms with Crippen molar-refractivity contribution in [2.75, 3.05) is 6.61 Å². The van der Waals surface area contributed by atoms with Crippen LogP contribution in [-0.4, -0.2) is 17.7 Å². The van der Waals surface area contributed by atoms with Gasteiger partial charge in [-0.2, -0.15) is 0 Å². The summed E-state index contributed by atoms with van der Waals surface area (Å²) in [6.45, 7) is 2.01. The van der Waals surface area contributed by atoms with E-state index in [1.165, 1.54) is 12.3 Å². The Labute approximate surface area is 96.6 Å². The second-order valence-corrected chi connectivity index (χ2v) is 3.54. The molecule has 1 aromatic carbocycles. The van der Waals surface area contributed by atoms with Crippen molar-refractivity contribution in [2.24, 2.45) is 0 Å². The molecule has 0 saturated carbocycles. The van der Waals surface area contributed by atoms with Gasteiger partial charge >= 0.3 is 5.97 Å². The molecular weight excluding hydrogens is 227 g/mol. The molecule has 4 nitrogen and oxygen atoms in total. The summed E-state index contributed by atoms with van der Waals surface area (Å²) < 4.78 is 22.9. The molecule has 0 aliphatic heterocycles.